The summed E-state index contributed by atoms with van der Waals surface area (Å²) in [5.74, 6) is 0. The third-order valence-corrected chi connectivity index (χ3v) is 3.84. The first-order chi connectivity index (χ1) is 5.43. The van der Waals surface area contributed by atoms with Gasteiger partial charge in [-0.3, -0.25) is 0 Å². The summed E-state index contributed by atoms with van der Waals surface area (Å²) in [7, 11) is -1.46. The number of rotatable bonds is 2. The molecular weight excluding hydrogens is 176 g/mol. The molecule has 0 bridgehead atoms. The van der Waals surface area contributed by atoms with Crippen LogP contribution in [0.3, 0.4) is 0 Å². The van der Waals surface area contributed by atoms with Gasteiger partial charge < -0.3 is 5.73 Å². The fourth-order valence-corrected chi connectivity index (χ4v) is 2.42. The van der Waals surface area contributed by atoms with E-state index in [2.05, 4.69) is 0 Å². The van der Waals surface area contributed by atoms with E-state index in [-0.39, 0.29) is 12.1 Å². The van der Waals surface area contributed by atoms with Crippen molar-refractivity contribution in [2.24, 2.45) is 5.73 Å². The molecule has 0 aliphatic heterocycles. The summed E-state index contributed by atoms with van der Waals surface area (Å²) in [6.45, 7) is 0. The molecule has 12 heavy (non-hydrogen) atoms. The second kappa shape index (κ2) is 3.32. The smallest absolute Gasteiger partial charge is 0.211 e. The zero-order chi connectivity index (χ0) is 9.35. The number of likely N-dealkylation sites (N-methyl/N-ethyl adjacent to an activating group) is 1. The Hall–Kier alpha value is -0.130. The van der Waals surface area contributed by atoms with E-state index in [1.807, 2.05) is 0 Å². The van der Waals surface area contributed by atoms with Gasteiger partial charge >= 0.3 is 0 Å². The van der Waals surface area contributed by atoms with Crippen LogP contribution in [-0.2, 0) is 10.0 Å². The molecule has 0 unspecified atom stereocenters. The highest BCUT2D eigenvalue weighted by Gasteiger charge is 2.31. The monoisotopic (exact) mass is 192 g/mol. The minimum Gasteiger partial charge on any atom is -0.326 e. The van der Waals surface area contributed by atoms with Crippen LogP contribution >= 0.6 is 0 Å². The highest BCUT2D eigenvalue weighted by Crippen LogP contribution is 2.22. The van der Waals surface area contributed by atoms with E-state index in [4.69, 9.17) is 5.73 Å². The van der Waals surface area contributed by atoms with Crippen molar-refractivity contribution in [2.45, 2.75) is 31.3 Å². The molecule has 0 heterocycles. The lowest BCUT2D eigenvalue weighted by Crippen LogP contribution is -2.44. The summed E-state index contributed by atoms with van der Waals surface area (Å²) in [4.78, 5) is 0. The van der Waals surface area contributed by atoms with Crippen molar-refractivity contribution < 1.29 is 8.42 Å². The molecule has 1 aliphatic rings. The molecule has 0 aromatic heterocycles. The molecule has 1 fully saturated rings. The van der Waals surface area contributed by atoms with Crippen molar-refractivity contribution in [2.75, 3.05) is 13.3 Å². The van der Waals surface area contributed by atoms with Crippen LogP contribution in [0, 0.1) is 0 Å². The molecule has 0 aromatic rings. The summed E-state index contributed by atoms with van der Waals surface area (Å²) >= 11 is 0. The molecule has 4 nitrogen and oxygen atoms in total. The molecule has 2 N–H and O–H groups in total. The molecule has 1 aliphatic carbocycles. The van der Waals surface area contributed by atoms with Crippen LogP contribution in [0.5, 0.6) is 0 Å². The van der Waals surface area contributed by atoms with E-state index in [0.29, 0.717) is 0 Å². The number of nitrogens with two attached hydrogens (primary N) is 1. The molecule has 0 saturated heterocycles. The van der Waals surface area contributed by atoms with Gasteiger partial charge in [0.25, 0.3) is 0 Å². The second-order valence-corrected chi connectivity index (χ2v) is 5.48. The maximum atomic E-state index is 11.1. The lowest BCUT2D eigenvalue weighted by atomic mass is 10.2. The lowest BCUT2D eigenvalue weighted by molar-refractivity contribution is 0.349. The summed E-state index contributed by atoms with van der Waals surface area (Å²) in [5, 5.41) is 0. The number of nitrogens with zero attached hydrogens (tertiary/aromatic N) is 1. The molecule has 72 valence electrons. The SMILES string of the molecule is CN([C@@H]1CCC[C@H]1N)S(C)(=O)=O. The highest BCUT2D eigenvalue weighted by atomic mass is 32.2. The Labute approximate surface area is 73.8 Å². The first kappa shape index (κ1) is 9.95. The number of sulfonamides is 1. The van der Waals surface area contributed by atoms with Gasteiger partial charge in [-0.1, -0.05) is 6.42 Å². The number of hydrogen-bond donors (Lipinski definition) is 1. The topological polar surface area (TPSA) is 63.4 Å². The Morgan fingerprint density at radius 1 is 1.42 bits per heavy atom. The molecule has 0 radical (unpaired) electrons. The van der Waals surface area contributed by atoms with Crippen molar-refractivity contribution in [3.63, 3.8) is 0 Å². The van der Waals surface area contributed by atoms with Gasteiger partial charge in [0.05, 0.1) is 6.26 Å². The summed E-state index contributed by atoms with van der Waals surface area (Å²) in [5.41, 5.74) is 5.77. The zero-order valence-electron chi connectivity index (χ0n) is 7.53. The quantitative estimate of drug-likeness (QED) is 0.656. The molecule has 0 aromatic carbocycles. The van der Waals surface area contributed by atoms with E-state index in [0.717, 1.165) is 19.3 Å². The minimum atomic E-state index is -3.07. The minimum absolute atomic E-state index is 0.0139. The van der Waals surface area contributed by atoms with Crippen LogP contribution in [-0.4, -0.2) is 38.1 Å². The van der Waals surface area contributed by atoms with E-state index in [1.165, 1.54) is 10.6 Å². The highest BCUT2D eigenvalue weighted by molar-refractivity contribution is 7.88. The molecule has 2 atom stereocenters. The van der Waals surface area contributed by atoms with Crippen molar-refractivity contribution in [3.8, 4) is 0 Å². The fraction of sp³-hybridized carbons (Fsp3) is 1.00. The average molecular weight is 192 g/mol. The third kappa shape index (κ3) is 1.97. The van der Waals surface area contributed by atoms with Crippen LogP contribution in [0.15, 0.2) is 0 Å². The van der Waals surface area contributed by atoms with Crippen molar-refractivity contribution in [1.82, 2.24) is 4.31 Å². The Bertz CT molecular complexity index is 250. The van der Waals surface area contributed by atoms with Gasteiger partial charge in [-0.2, -0.15) is 0 Å². The predicted molar refractivity (Wildman–Crippen MR) is 48.2 cm³/mol. The first-order valence-electron chi connectivity index (χ1n) is 4.11. The lowest BCUT2D eigenvalue weighted by Gasteiger charge is -2.25. The Morgan fingerprint density at radius 3 is 2.33 bits per heavy atom. The average Bonchev–Trinajstić information content (AvgIpc) is 2.31. The predicted octanol–water partition coefficient (Wildman–Crippen LogP) is -0.242. The fourth-order valence-electron chi connectivity index (χ4n) is 1.67. The maximum Gasteiger partial charge on any atom is 0.211 e. The first-order valence-corrected chi connectivity index (χ1v) is 5.96. The molecule has 1 rings (SSSR count). The van der Waals surface area contributed by atoms with E-state index < -0.39 is 10.0 Å². The standard InChI is InChI=1S/C7H16N2O2S/c1-9(12(2,10)11)7-5-3-4-6(7)8/h6-7H,3-5,8H2,1-2H3/t6-,7-/m1/s1. The Morgan fingerprint density at radius 2 is 2.00 bits per heavy atom. The van der Waals surface area contributed by atoms with Gasteiger partial charge in [0, 0.05) is 19.1 Å². The summed E-state index contributed by atoms with van der Waals surface area (Å²) < 4.78 is 23.7. The molecule has 0 amide bonds. The maximum absolute atomic E-state index is 11.1. The van der Waals surface area contributed by atoms with E-state index in [1.54, 1.807) is 7.05 Å². The molecule has 5 heteroatoms. The molecular formula is C7H16N2O2S. The van der Waals surface area contributed by atoms with Crippen LogP contribution < -0.4 is 5.73 Å². The number of hydrogen-bond acceptors (Lipinski definition) is 3. The largest absolute Gasteiger partial charge is 0.326 e. The van der Waals surface area contributed by atoms with Crippen LogP contribution in [0.1, 0.15) is 19.3 Å². The van der Waals surface area contributed by atoms with Crippen molar-refractivity contribution in [3.05, 3.63) is 0 Å². The Balaban J connectivity index is 2.70. The van der Waals surface area contributed by atoms with Crippen molar-refractivity contribution in [1.29, 1.82) is 0 Å². The van der Waals surface area contributed by atoms with Crippen molar-refractivity contribution >= 4 is 10.0 Å². The molecule has 0 spiro atoms. The zero-order valence-corrected chi connectivity index (χ0v) is 8.34. The van der Waals surface area contributed by atoms with Gasteiger partial charge in [0.1, 0.15) is 0 Å². The van der Waals surface area contributed by atoms with Gasteiger partial charge in [-0.25, -0.2) is 12.7 Å². The second-order valence-electron chi connectivity index (χ2n) is 3.44. The van der Waals surface area contributed by atoms with Gasteiger partial charge in [-0.15, -0.1) is 0 Å². The van der Waals surface area contributed by atoms with Gasteiger partial charge in [0.2, 0.25) is 10.0 Å². The Kier molecular flexibility index (Phi) is 2.75. The van der Waals surface area contributed by atoms with Gasteiger partial charge in [0.15, 0.2) is 0 Å². The van der Waals surface area contributed by atoms with Crippen LogP contribution in [0.25, 0.3) is 0 Å². The summed E-state index contributed by atoms with van der Waals surface area (Å²) in [6, 6.07) is 0.0322. The third-order valence-electron chi connectivity index (χ3n) is 2.52. The normalized spacial score (nSPS) is 31.3. The van der Waals surface area contributed by atoms with Gasteiger partial charge in [-0.05, 0) is 12.8 Å². The van der Waals surface area contributed by atoms with E-state index >= 15 is 0 Å². The van der Waals surface area contributed by atoms with Crippen LogP contribution in [0.2, 0.25) is 0 Å². The van der Waals surface area contributed by atoms with E-state index in [9.17, 15) is 8.42 Å². The molecule has 1 saturated carbocycles. The van der Waals surface area contributed by atoms with Crippen LogP contribution in [0.4, 0.5) is 0 Å². The summed E-state index contributed by atoms with van der Waals surface area (Å²) in [6.07, 6.45) is 4.08.